The van der Waals surface area contributed by atoms with Crippen molar-refractivity contribution in [2.45, 2.75) is 20.8 Å². The Bertz CT molecular complexity index is 501. The summed E-state index contributed by atoms with van der Waals surface area (Å²) in [5, 5.41) is 0. The van der Waals surface area contributed by atoms with Gasteiger partial charge in [-0.25, -0.2) is 0 Å². The number of para-hydroxylation sites is 2. The summed E-state index contributed by atoms with van der Waals surface area (Å²) < 4.78 is 0. The summed E-state index contributed by atoms with van der Waals surface area (Å²) in [6.07, 6.45) is 0. The molecule has 0 unspecified atom stereocenters. The standard InChI is InChI=1S/C17H19NO/c1-17(2,3)16(19)18(14-10-6-4-7-11-14)15-12-8-5-9-13-15/h4-13H,1-3H3. The molecular weight excluding hydrogens is 234 g/mol. The zero-order chi connectivity index (χ0) is 13.9. The molecule has 0 saturated heterocycles. The van der Waals surface area contributed by atoms with E-state index in [1.54, 1.807) is 4.90 Å². The number of rotatable bonds is 2. The lowest BCUT2D eigenvalue weighted by Gasteiger charge is -2.29. The minimum atomic E-state index is -0.425. The number of hydrogen-bond acceptors (Lipinski definition) is 1. The molecule has 2 rings (SSSR count). The second kappa shape index (κ2) is 5.27. The van der Waals surface area contributed by atoms with Gasteiger partial charge < -0.3 is 0 Å². The maximum Gasteiger partial charge on any atom is 0.236 e. The molecule has 0 fully saturated rings. The third-order valence-electron chi connectivity index (χ3n) is 2.87. The summed E-state index contributed by atoms with van der Waals surface area (Å²) in [6, 6.07) is 19.5. The summed E-state index contributed by atoms with van der Waals surface area (Å²) in [5.41, 5.74) is 1.37. The highest BCUT2D eigenvalue weighted by Crippen LogP contribution is 2.30. The number of nitrogens with zero attached hydrogens (tertiary/aromatic N) is 1. The Balaban J connectivity index is 2.49. The van der Waals surface area contributed by atoms with E-state index in [1.807, 2.05) is 81.4 Å². The molecule has 0 saturated carbocycles. The van der Waals surface area contributed by atoms with Gasteiger partial charge in [0.1, 0.15) is 0 Å². The zero-order valence-electron chi connectivity index (χ0n) is 11.6. The molecule has 0 atom stereocenters. The quantitative estimate of drug-likeness (QED) is 0.777. The first kappa shape index (κ1) is 13.3. The van der Waals surface area contributed by atoms with Gasteiger partial charge in [0.2, 0.25) is 5.91 Å². The van der Waals surface area contributed by atoms with Crippen molar-refractivity contribution in [3.8, 4) is 0 Å². The molecule has 0 aliphatic rings. The Labute approximate surface area is 114 Å². The van der Waals surface area contributed by atoms with Crippen LogP contribution in [0.5, 0.6) is 0 Å². The first-order valence-electron chi connectivity index (χ1n) is 6.45. The summed E-state index contributed by atoms with van der Waals surface area (Å²) in [7, 11) is 0. The first-order chi connectivity index (χ1) is 9.00. The summed E-state index contributed by atoms with van der Waals surface area (Å²) in [6.45, 7) is 5.82. The fourth-order valence-corrected chi connectivity index (χ4v) is 1.87. The molecule has 0 aromatic heterocycles. The number of carbonyl (C=O) groups excluding carboxylic acids is 1. The molecule has 0 bridgehead atoms. The Morgan fingerprint density at radius 2 is 1.16 bits per heavy atom. The van der Waals surface area contributed by atoms with E-state index in [-0.39, 0.29) is 5.91 Å². The molecule has 19 heavy (non-hydrogen) atoms. The van der Waals surface area contributed by atoms with Gasteiger partial charge in [0.25, 0.3) is 0 Å². The van der Waals surface area contributed by atoms with Crippen molar-refractivity contribution in [2.24, 2.45) is 5.41 Å². The van der Waals surface area contributed by atoms with E-state index in [1.165, 1.54) is 0 Å². The maximum absolute atomic E-state index is 12.7. The average molecular weight is 253 g/mol. The predicted molar refractivity (Wildman–Crippen MR) is 79.5 cm³/mol. The summed E-state index contributed by atoms with van der Waals surface area (Å²) >= 11 is 0. The maximum atomic E-state index is 12.7. The molecule has 0 spiro atoms. The molecule has 98 valence electrons. The van der Waals surface area contributed by atoms with E-state index in [0.717, 1.165) is 11.4 Å². The van der Waals surface area contributed by atoms with Crippen LogP contribution in [0.15, 0.2) is 60.7 Å². The highest BCUT2D eigenvalue weighted by molar-refractivity contribution is 6.03. The molecule has 0 aliphatic heterocycles. The van der Waals surface area contributed by atoms with Gasteiger partial charge in [-0.15, -0.1) is 0 Å². The molecule has 2 aromatic rings. The minimum absolute atomic E-state index is 0.0879. The minimum Gasteiger partial charge on any atom is -0.281 e. The molecule has 2 heteroatoms. The van der Waals surface area contributed by atoms with Gasteiger partial charge in [-0.05, 0) is 24.3 Å². The van der Waals surface area contributed by atoms with Crippen LogP contribution in [-0.2, 0) is 4.79 Å². The average Bonchev–Trinajstić information content (AvgIpc) is 2.40. The second-order valence-electron chi connectivity index (χ2n) is 5.56. The van der Waals surface area contributed by atoms with E-state index in [0.29, 0.717) is 0 Å². The molecule has 2 aromatic carbocycles. The largest absolute Gasteiger partial charge is 0.281 e. The fraction of sp³-hybridized carbons (Fsp3) is 0.235. The van der Waals surface area contributed by atoms with Gasteiger partial charge in [0, 0.05) is 16.8 Å². The van der Waals surface area contributed by atoms with Crippen molar-refractivity contribution in [3.63, 3.8) is 0 Å². The third kappa shape index (κ3) is 3.02. The van der Waals surface area contributed by atoms with E-state index in [4.69, 9.17) is 0 Å². The molecule has 0 N–H and O–H groups in total. The number of amides is 1. The van der Waals surface area contributed by atoms with E-state index >= 15 is 0 Å². The number of benzene rings is 2. The van der Waals surface area contributed by atoms with Crippen molar-refractivity contribution < 1.29 is 4.79 Å². The molecule has 2 nitrogen and oxygen atoms in total. The third-order valence-corrected chi connectivity index (χ3v) is 2.87. The predicted octanol–water partition coefficient (Wildman–Crippen LogP) is 4.40. The van der Waals surface area contributed by atoms with E-state index in [2.05, 4.69) is 0 Å². The second-order valence-corrected chi connectivity index (χ2v) is 5.56. The van der Waals surface area contributed by atoms with Crippen molar-refractivity contribution in [1.82, 2.24) is 0 Å². The summed E-state index contributed by atoms with van der Waals surface area (Å²) in [4.78, 5) is 14.5. The molecule has 0 heterocycles. The Hall–Kier alpha value is -2.09. The zero-order valence-corrected chi connectivity index (χ0v) is 11.6. The van der Waals surface area contributed by atoms with E-state index < -0.39 is 5.41 Å². The van der Waals surface area contributed by atoms with Crippen molar-refractivity contribution in [2.75, 3.05) is 4.90 Å². The topological polar surface area (TPSA) is 20.3 Å². The highest BCUT2D eigenvalue weighted by Gasteiger charge is 2.29. The van der Waals surface area contributed by atoms with E-state index in [9.17, 15) is 4.79 Å². The van der Waals surface area contributed by atoms with Gasteiger partial charge in [0.15, 0.2) is 0 Å². The van der Waals surface area contributed by atoms with Crippen LogP contribution in [-0.4, -0.2) is 5.91 Å². The SMILES string of the molecule is CC(C)(C)C(=O)N(c1ccccc1)c1ccccc1. The van der Waals surface area contributed by atoms with Crippen LogP contribution in [0.1, 0.15) is 20.8 Å². The lowest BCUT2D eigenvalue weighted by atomic mass is 9.94. The van der Waals surface area contributed by atoms with Crippen molar-refractivity contribution >= 4 is 17.3 Å². The monoisotopic (exact) mass is 253 g/mol. The van der Waals surface area contributed by atoms with Gasteiger partial charge in [0.05, 0.1) is 0 Å². The van der Waals surface area contributed by atoms with Crippen LogP contribution in [0.4, 0.5) is 11.4 Å². The smallest absolute Gasteiger partial charge is 0.236 e. The normalized spacial score (nSPS) is 11.1. The van der Waals surface area contributed by atoms with Gasteiger partial charge >= 0.3 is 0 Å². The van der Waals surface area contributed by atoms with Crippen LogP contribution in [0.3, 0.4) is 0 Å². The summed E-state index contributed by atoms with van der Waals surface area (Å²) in [5.74, 6) is 0.0879. The lowest BCUT2D eigenvalue weighted by molar-refractivity contribution is -0.125. The Morgan fingerprint density at radius 1 is 0.789 bits per heavy atom. The Kier molecular flexibility index (Phi) is 3.70. The first-order valence-corrected chi connectivity index (χ1v) is 6.45. The molecule has 0 radical (unpaired) electrons. The van der Waals surface area contributed by atoms with Crippen LogP contribution >= 0.6 is 0 Å². The van der Waals surface area contributed by atoms with Crippen LogP contribution in [0, 0.1) is 5.41 Å². The number of hydrogen-bond donors (Lipinski definition) is 0. The fourth-order valence-electron chi connectivity index (χ4n) is 1.87. The molecule has 1 amide bonds. The molecule has 0 aliphatic carbocycles. The lowest BCUT2D eigenvalue weighted by Crippen LogP contribution is -2.36. The van der Waals surface area contributed by atoms with Gasteiger partial charge in [-0.1, -0.05) is 57.2 Å². The van der Waals surface area contributed by atoms with Gasteiger partial charge in [-0.3, -0.25) is 9.69 Å². The number of carbonyl (C=O) groups is 1. The van der Waals surface area contributed by atoms with Crippen LogP contribution in [0.25, 0.3) is 0 Å². The van der Waals surface area contributed by atoms with Crippen molar-refractivity contribution in [1.29, 1.82) is 0 Å². The van der Waals surface area contributed by atoms with Gasteiger partial charge in [-0.2, -0.15) is 0 Å². The van der Waals surface area contributed by atoms with Crippen molar-refractivity contribution in [3.05, 3.63) is 60.7 Å². The highest BCUT2D eigenvalue weighted by atomic mass is 16.2. The number of anilines is 2. The molecular formula is C17H19NO. The Morgan fingerprint density at radius 3 is 1.47 bits per heavy atom. The van der Waals surface area contributed by atoms with Crippen LogP contribution in [0.2, 0.25) is 0 Å². The van der Waals surface area contributed by atoms with Crippen LogP contribution < -0.4 is 4.90 Å².